The molecule has 1 saturated heterocycles. The molecule has 0 aliphatic carbocycles. The Bertz CT molecular complexity index is 884. The maximum atomic E-state index is 12.6. The normalized spacial score (nSPS) is 16.4. The molecule has 0 bridgehead atoms. The van der Waals surface area contributed by atoms with Crippen LogP contribution in [0.3, 0.4) is 0 Å². The Labute approximate surface area is 163 Å². The van der Waals surface area contributed by atoms with Gasteiger partial charge in [0.05, 0.1) is 36.5 Å². The molecule has 1 N–H and O–H groups in total. The minimum Gasteiger partial charge on any atom is -0.497 e. The number of halogens is 1. The lowest BCUT2D eigenvalue weighted by molar-refractivity contribution is -0.122. The van der Waals surface area contributed by atoms with Crippen LogP contribution in [0.15, 0.2) is 36.4 Å². The second-order valence-corrected chi connectivity index (χ2v) is 6.82. The second-order valence-electron chi connectivity index (χ2n) is 6.42. The van der Waals surface area contributed by atoms with E-state index in [1.54, 1.807) is 42.3 Å². The van der Waals surface area contributed by atoms with Crippen LogP contribution in [0.25, 0.3) is 0 Å². The van der Waals surface area contributed by atoms with Crippen LogP contribution in [0.5, 0.6) is 11.5 Å². The first kappa shape index (κ1) is 19.0. The number of anilines is 2. The lowest BCUT2D eigenvalue weighted by Crippen LogP contribution is -2.28. The fourth-order valence-electron chi connectivity index (χ4n) is 3.08. The SMILES string of the molecule is COc1ccc(N2CC(C(=O)Nc3ccc(C)cc3Cl)CC2=O)c(OC)c1. The lowest BCUT2D eigenvalue weighted by Gasteiger charge is -2.20. The summed E-state index contributed by atoms with van der Waals surface area (Å²) in [6.45, 7) is 2.20. The van der Waals surface area contributed by atoms with Crippen LogP contribution in [0, 0.1) is 12.8 Å². The molecule has 0 saturated carbocycles. The first-order valence-electron chi connectivity index (χ1n) is 8.52. The van der Waals surface area contributed by atoms with Gasteiger partial charge in [0.2, 0.25) is 11.8 Å². The van der Waals surface area contributed by atoms with Gasteiger partial charge in [-0.15, -0.1) is 0 Å². The molecule has 0 spiro atoms. The van der Waals surface area contributed by atoms with Crippen LogP contribution in [-0.2, 0) is 9.59 Å². The second kappa shape index (κ2) is 7.88. The molecular formula is C20H21ClN2O4. The van der Waals surface area contributed by atoms with Gasteiger partial charge in [-0.2, -0.15) is 0 Å². The zero-order valence-corrected chi connectivity index (χ0v) is 16.2. The van der Waals surface area contributed by atoms with E-state index in [1.165, 1.54) is 7.11 Å². The van der Waals surface area contributed by atoms with Crippen molar-refractivity contribution < 1.29 is 19.1 Å². The molecule has 1 heterocycles. The van der Waals surface area contributed by atoms with E-state index < -0.39 is 5.92 Å². The third-order valence-electron chi connectivity index (χ3n) is 4.56. The Kier molecular flexibility index (Phi) is 5.56. The number of ether oxygens (including phenoxy) is 2. The van der Waals surface area contributed by atoms with Gasteiger partial charge < -0.3 is 19.7 Å². The van der Waals surface area contributed by atoms with Gasteiger partial charge in [0.1, 0.15) is 11.5 Å². The largest absolute Gasteiger partial charge is 0.497 e. The van der Waals surface area contributed by atoms with E-state index in [-0.39, 0.29) is 24.8 Å². The van der Waals surface area contributed by atoms with E-state index in [0.29, 0.717) is 27.9 Å². The molecule has 3 rings (SSSR count). The third kappa shape index (κ3) is 4.01. The van der Waals surface area contributed by atoms with Crippen molar-refractivity contribution >= 4 is 34.8 Å². The Morgan fingerprint density at radius 2 is 1.96 bits per heavy atom. The van der Waals surface area contributed by atoms with Gasteiger partial charge in [-0.1, -0.05) is 17.7 Å². The summed E-state index contributed by atoms with van der Waals surface area (Å²) in [4.78, 5) is 26.7. The van der Waals surface area contributed by atoms with Crippen LogP contribution in [0.4, 0.5) is 11.4 Å². The fourth-order valence-corrected chi connectivity index (χ4v) is 3.36. The van der Waals surface area contributed by atoms with Gasteiger partial charge in [-0.05, 0) is 36.8 Å². The van der Waals surface area contributed by atoms with Crippen molar-refractivity contribution in [2.75, 3.05) is 31.0 Å². The van der Waals surface area contributed by atoms with Crippen LogP contribution >= 0.6 is 11.6 Å². The summed E-state index contributed by atoms with van der Waals surface area (Å²) in [6, 6.07) is 10.6. The molecule has 1 aliphatic heterocycles. The number of carbonyl (C=O) groups is 2. The summed E-state index contributed by atoms with van der Waals surface area (Å²) in [6.07, 6.45) is 0.129. The Morgan fingerprint density at radius 3 is 2.63 bits per heavy atom. The van der Waals surface area contributed by atoms with E-state index in [9.17, 15) is 9.59 Å². The Hall–Kier alpha value is -2.73. The molecule has 1 atom stereocenters. The van der Waals surface area contributed by atoms with Gasteiger partial charge in [0, 0.05) is 19.0 Å². The predicted octanol–water partition coefficient (Wildman–Crippen LogP) is 3.66. The number of aryl methyl sites for hydroxylation is 1. The van der Waals surface area contributed by atoms with Crippen LogP contribution < -0.4 is 19.7 Å². The molecule has 2 amide bonds. The molecule has 2 aromatic rings. The number of hydrogen-bond donors (Lipinski definition) is 1. The number of nitrogens with one attached hydrogen (secondary N) is 1. The van der Waals surface area contributed by atoms with Crippen molar-refractivity contribution in [3.63, 3.8) is 0 Å². The molecule has 1 unspecified atom stereocenters. The maximum absolute atomic E-state index is 12.6. The van der Waals surface area contributed by atoms with Crippen LogP contribution in [-0.4, -0.2) is 32.6 Å². The number of nitrogens with zero attached hydrogens (tertiary/aromatic N) is 1. The van der Waals surface area contributed by atoms with Crippen molar-refractivity contribution in [2.24, 2.45) is 5.92 Å². The monoisotopic (exact) mass is 388 g/mol. The molecular weight excluding hydrogens is 368 g/mol. The molecule has 1 fully saturated rings. The molecule has 1 aliphatic rings. The standard InChI is InChI=1S/C20H21ClN2O4/c1-12-4-6-16(15(21)8-12)22-20(25)13-9-19(24)23(11-13)17-7-5-14(26-2)10-18(17)27-3/h4-8,10,13H,9,11H2,1-3H3,(H,22,25). The maximum Gasteiger partial charge on any atom is 0.229 e. The number of amides is 2. The number of rotatable bonds is 5. The third-order valence-corrected chi connectivity index (χ3v) is 4.87. The number of hydrogen-bond acceptors (Lipinski definition) is 4. The summed E-state index contributed by atoms with van der Waals surface area (Å²) in [5.41, 5.74) is 2.17. The lowest BCUT2D eigenvalue weighted by atomic mass is 10.1. The first-order chi connectivity index (χ1) is 12.9. The van der Waals surface area contributed by atoms with Crippen molar-refractivity contribution in [3.8, 4) is 11.5 Å². The average molecular weight is 389 g/mol. The first-order valence-corrected chi connectivity index (χ1v) is 8.90. The van der Waals surface area contributed by atoms with Gasteiger partial charge in [-0.3, -0.25) is 9.59 Å². The highest BCUT2D eigenvalue weighted by molar-refractivity contribution is 6.33. The van der Waals surface area contributed by atoms with E-state index in [0.717, 1.165) is 5.56 Å². The van der Waals surface area contributed by atoms with Crippen molar-refractivity contribution in [2.45, 2.75) is 13.3 Å². The van der Waals surface area contributed by atoms with Gasteiger partial charge in [-0.25, -0.2) is 0 Å². The summed E-state index contributed by atoms with van der Waals surface area (Å²) < 4.78 is 10.6. The topological polar surface area (TPSA) is 67.9 Å². The highest BCUT2D eigenvalue weighted by Gasteiger charge is 2.36. The summed E-state index contributed by atoms with van der Waals surface area (Å²) >= 11 is 6.18. The summed E-state index contributed by atoms with van der Waals surface area (Å²) in [5.74, 6) is 0.315. The van der Waals surface area contributed by atoms with E-state index in [4.69, 9.17) is 21.1 Å². The Morgan fingerprint density at radius 1 is 1.19 bits per heavy atom. The smallest absolute Gasteiger partial charge is 0.229 e. The molecule has 142 valence electrons. The molecule has 0 radical (unpaired) electrons. The van der Waals surface area contributed by atoms with E-state index in [1.807, 2.05) is 13.0 Å². The molecule has 0 aromatic heterocycles. The predicted molar refractivity (Wildman–Crippen MR) is 105 cm³/mol. The zero-order chi connectivity index (χ0) is 19.6. The number of methoxy groups -OCH3 is 2. The summed E-state index contributed by atoms with van der Waals surface area (Å²) in [7, 11) is 3.09. The highest BCUT2D eigenvalue weighted by Crippen LogP contribution is 2.36. The quantitative estimate of drug-likeness (QED) is 0.848. The average Bonchev–Trinajstić information content (AvgIpc) is 3.05. The number of benzene rings is 2. The van der Waals surface area contributed by atoms with Gasteiger partial charge >= 0.3 is 0 Å². The molecule has 6 nitrogen and oxygen atoms in total. The molecule has 27 heavy (non-hydrogen) atoms. The summed E-state index contributed by atoms with van der Waals surface area (Å²) in [5, 5.41) is 3.29. The van der Waals surface area contributed by atoms with Gasteiger partial charge in [0.15, 0.2) is 0 Å². The van der Waals surface area contributed by atoms with Crippen molar-refractivity contribution in [3.05, 3.63) is 47.0 Å². The molecule has 2 aromatic carbocycles. The van der Waals surface area contributed by atoms with Gasteiger partial charge in [0.25, 0.3) is 0 Å². The minimum atomic E-state index is -0.471. The number of carbonyl (C=O) groups excluding carboxylic acids is 2. The fraction of sp³-hybridized carbons (Fsp3) is 0.300. The Balaban J connectivity index is 1.76. The van der Waals surface area contributed by atoms with Crippen LogP contribution in [0.1, 0.15) is 12.0 Å². The zero-order valence-electron chi connectivity index (χ0n) is 15.4. The minimum absolute atomic E-state index is 0.129. The van der Waals surface area contributed by atoms with Crippen molar-refractivity contribution in [1.82, 2.24) is 0 Å². The van der Waals surface area contributed by atoms with E-state index in [2.05, 4.69) is 5.32 Å². The van der Waals surface area contributed by atoms with Crippen LogP contribution in [0.2, 0.25) is 5.02 Å². The molecule has 7 heteroatoms. The highest BCUT2D eigenvalue weighted by atomic mass is 35.5. The van der Waals surface area contributed by atoms with E-state index >= 15 is 0 Å². The van der Waals surface area contributed by atoms with Crippen molar-refractivity contribution in [1.29, 1.82) is 0 Å².